The number of benzene rings is 2. The number of aliphatic imine (C=N–C) groups is 1. The van der Waals surface area contributed by atoms with Crippen molar-refractivity contribution in [3.63, 3.8) is 0 Å². The minimum Gasteiger partial charge on any atom is -0.380 e. The van der Waals surface area contributed by atoms with Crippen molar-refractivity contribution in [2.24, 2.45) is 4.99 Å². The van der Waals surface area contributed by atoms with Crippen LogP contribution in [-0.2, 0) is 11.3 Å². The topological polar surface area (TPSA) is 52.9 Å². The van der Waals surface area contributed by atoms with Crippen LogP contribution in [0.25, 0.3) is 0 Å². The molecular weight excluding hydrogens is 312 g/mol. The molecule has 0 bridgehead atoms. The van der Waals surface area contributed by atoms with Gasteiger partial charge in [0.1, 0.15) is 17.5 Å². The van der Waals surface area contributed by atoms with Crippen molar-refractivity contribution in [3.8, 4) is 0 Å². The Morgan fingerprint density at radius 1 is 1.00 bits per heavy atom. The molecule has 1 spiro atoms. The molecule has 2 aromatic rings. The molecule has 1 amide bonds. The van der Waals surface area contributed by atoms with Gasteiger partial charge in [-0.1, -0.05) is 73.5 Å². The van der Waals surface area contributed by atoms with Gasteiger partial charge < -0.3 is 5.11 Å². The SMILES string of the molecule is O=C1N(Cc2ccccc2)C(C(O)c2ccccc2)=NC12CCCC2. The molecule has 4 rings (SSSR count). The van der Waals surface area contributed by atoms with E-state index in [9.17, 15) is 9.90 Å². The maximum absolute atomic E-state index is 13.2. The highest BCUT2D eigenvalue weighted by molar-refractivity contribution is 6.10. The summed E-state index contributed by atoms with van der Waals surface area (Å²) in [5.41, 5.74) is 1.15. The van der Waals surface area contributed by atoms with E-state index in [1.54, 1.807) is 4.90 Å². The number of carbonyl (C=O) groups is 1. The van der Waals surface area contributed by atoms with Gasteiger partial charge in [0.25, 0.3) is 5.91 Å². The van der Waals surface area contributed by atoms with Crippen molar-refractivity contribution in [2.45, 2.75) is 43.9 Å². The zero-order valence-corrected chi connectivity index (χ0v) is 14.1. The summed E-state index contributed by atoms with van der Waals surface area (Å²) in [6.07, 6.45) is 2.71. The second-order valence-electron chi connectivity index (χ2n) is 6.90. The summed E-state index contributed by atoms with van der Waals surface area (Å²) in [5, 5.41) is 10.9. The first-order chi connectivity index (χ1) is 12.2. The zero-order chi connectivity index (χ0) is 17.3. The Morgan fingerprint density at radius 2 is 1.60 bits per heavy atom. The summed E-state index contributed by atoms with van der Waals surface area (Å²) < 4.78 is 0. The monoisotopic (exact) mass is 334 g/mol. The van der Waals surface area contributed by atoms with Crippen molar-refractivity contribution in [1.82, 2.24) is 4.90 Å². The summed E-state index contributed by atoms with van der Waals surface area (Å²) in [6.45, 7) is 0.449. The standard InChI is InChI=1S/C21H22N2O2/c24-18(17-11-5-2-6-12-17)19-22-21(13-7-8-14-21)20(25)23(19)15-16-9-3-1-4-10-16/h1-6,9-12,18,24H,7-8,13-15H2. The Hall–Kier alpha value is -2.46. The Bertz CT molecular complexity index is 780. The summed E-state index contributed by atoms with van der Waals surface area (Å²) >= 11 is 0. The molecule has 2 aliphatic rings. The van der Waals surface area contributed by atoms with Crippen LogP contribution in [0.3, 0.4) is 0 Å². The lowest BCUT2D eigenvalue weighted by Crippen LogP contribution is -2.41. The van der Waals surface area contributed by atoms with Crippen LogP contribution in [0.15, 0.2) is 65.7 Å². The van der Waals surface area contributed by atoms with Gasteiger partial charge in [0.2, 0.25) is 0 Å². The van der Waals surface area contributed by atoms with E-state index >= 15 is 0 Å². The Balaban J connectivity index is 1.70. The number of aliphatic hydroxyl groups excluding tert-OH is 1. The highest BCUT2D eigenvalue weighted by Crippen LogP contribution is 2.41. The highest BCUT2D eigenvalue weighted by atomic mass is 16.3. The second kappa shape index (κ2) is 6.45. The Morgan fingerprint density at radius 3 is 2.24 bits per heavy atom. The molecule has 1 unspecified atom stereocenters. The van der Waals surface area contributed by atoms with Gasteiger partial charge in [-0.3, -0.25) is 14.7 Å². The van der Waals surface area contributed by atoms with E-state index in [0.717, 1.165) is 36.8 Å². The normalized spacial score (nSPS) is 20.1. The summed E-state index contributed by atoms with van der Waals surface area (Å²) in [7, 11) is 0. The molecule has 0 radical (unpaired) electrons. The minimum atomic E-state index is -0.881. The molecule has 1 saturated carbocycles. The molecule has 1 N–H and O–H groups in total. The molecule has 1 aliphatic carbocycles. The van der Waals surface area contributed by atoms with E-state index in [1.165, 1.54) is 0 Å². The van der Waals surface area contributed by atoms with E-state index in [1.807, 2.05) is 60.7 Å². The van der Waals surface area contributed by atoms with Gasteiger partial charge in [-0.05, 0) is 24.0 Å². The molecule has 2 aromatic carbocycles. The van der Waals surface area contributed by atoms with Gasteiger partial charge in [0, 0.05) is 0 Å². The maximum Gasteiger partial charge on any atom is 0.256 e. The molecule has 4 heteroatoms. The van der Waals surface area contributed by atoms with Crippen LogP contribution >= 0.6 is 0 Å². The Labute approximate surface area is 147 Å². The fraction of sp³-hybridized carbons (Fsp3) is 0.333. The fourth-order valence-electron chi connectivity index (χ4n) is 3.88. The molecule has 1 atom stereocenters. The predicted molar refractivity (Wildman–Crippen MR) is 97.0 cm³/mol. The number of hydrogen-bond donors (Lipinski definition) is 1. The van der Waals surface area contributed by atoms with Crippen LogP contribution in [0.5, 0.6) is 0 Å². The first-order valence-electron chi connectivity index (χ1n) is 8.88. The van der Waals surface area contributed by atoms with Gasteiger partial charge in [0.15, 0.2) is 0 Å². The third kappa shape index (κ3) is 2.87. The number of hydrogen-bond acceptors (Lipinski definition) is 3. The van der Waals surface area contributed by atoms with Gasteiger partial charge >= 0.3 is 0 Å². The number of amides is 1. The fourth-order valence-corrected chi connectivity index (χ4v) is 3.88. The quantitative estimate of drug-likeness (QED) is 0.931. The van der Waals surface area contributed by atoms with E-state index in [4.69, 9.17) is 4.99 Å². The lowest BCUT2D eigenvalue weighted by molar-refractivity contribution is -0.131. The van der Waals surface area contributed by atoms with Crippen LogP contribution in [0.1, 0.15) is 42.9 Å². The predicted octanol–water partition coefficient (Wildman–Crippen LogP) is 3.47. The maximum atomic E-state index is 13.2. The van der Waals surface area contributed by atoms with Crippen molar-refractivity contribution >= 4 is 11.7 Å². The summed E-state index contributed by atoms with van der Waals surface area (Å²) in [4.78, 5) is 19.7. The molecule has 0 saturated heterocycles. The van der Waals surface area contributed by atoms with Crippen LogP contribution in [-0.4, -0.2) is 27.3 Å². The molecular formula is C21H22N2O2. The zero-order valence-electron chi connectivity index (χ0n) is 14.1. The van der Waals surface area contributed by atoms with Crippen LogP contribution in [0, 0.1) is 0 Å². The average Bonchev–Trinajstić information content (AvgIpc) is 3.24. The third-order valence-corrected chi connectivity index (χ3v) is 5.22. The number of nitrogens with zero attached hydrogens (tertiary/aromatic N) is 2. The minimum absolute atomic E-state index is 0.0406. The average molecular weight is 334 g/mol. The molecule has 1 fully saturated rings. The van der Waals surface area contributed by atoms with E-state index in [2.05, 4.69) is 0 Å². The van der Waals surface area contributed by atoms with Crippen molar-refractivity contribution in [1.29, 1.82) is 0 Å². The van der Waals surface area contributed by atoms with E-state index in [-0.39, 0.29) is 5.91 Å². The van der Waals surface area contributed by atoms with Crippen molar-refractivity contribution in [3.05, 3.63) is 71.8 Å². The third-order valence-electron chi connectivity index (χ3n) is 5.22. The van der Waals surface area contributed by atoms with Crippen LogP contribution < -0.4 is 0 Å². The van der Waals surface area contributed by atoms with Crippen molar-refractivity contribution in [2.75, 3.05) is 0 Å². The molecule has 25 heavy (non-hydrogen) atoms. The molecule has 4 nitrogen and oxygen atoms in total. The first kappa shape index (κ1) is 16.0. The van der Waals surface area contributed by atoms with Gasteiger partial charge in [0.05, 0.1) is 6.54 Å². The number of aliphatic hydroxyl groups is 1. The number of carbonyl (C=O) groups excluding carboxylic acids is 1. The van der Waals surface area contributed by atoms with Gasteiger partial charge in [-0.2, -0.15) is 0 Å². The van der Waals surface area contributed by atoms with E-state index < -0.39 is 11.6 Å². The van der Waals surface area contributed by atoms with Crippen LogP contribution in [0.4, 0.5) is 0 Å². The largest absolute Gasteiger partial charge is 0.380 e. The number of amidine groups is 1. The first-order valence-corrected chi connectivity index (χ1v) is 8.88. The van der Waals surface area contributed by atoms with Gasteiger partial charge in [-0.25, -0.2) is 0 Å². The number of rotatable bonds is 4. The van der Waals surface area contributed by atoms with Gasteiger partial charge in [-0.15, -0.1) is 0 Å². The summed E-state index contributed by atoms with van der Waals surface area (Å²) in [6, 6.07) is 19.3. The Kier molecular flexibility index (Phi) is 4.14. The lowest BCUT2D eigenvalue weighted by Gasteiger charge is -2.24. The lowest BCUT2D eigenvalue weighted by atomic mass is 9.98. The molecule has 1 aliphatic heterocycles. The highest BCUT2D eigenvalue weighted by Gasteiger charge is 2.50. The second-order valence-corrected chi connectivity index (χ2v) is 6.90. The van der Waals surface area contributed by atoms with E-state index in [0.29, 0.717) is 12.4 Å². The van der Waals surface area contributed by atoms with Crippen molar-refractivity contribution < 1.29 is 9.90 Å². The molecule has 1 heterocycles. The summed E-state index contributed by atoms with van der Waals surface area (Å²) in [5.74, 6) is 0.529. The molecule has 0 aromatic heterocycles. The smallest absolute Gasteiger partial charge is 0.256 e. The molecule has 128 valence electrons. The van der Waals surface area contributed by atoms with Crippen LogP contribution in [0.2, 0.25) is 0 Å².